The van der Waals surface area contributed by atoms with E-state index in [4.69, 9.17) is 9.47 Å². The number of ether oxygens (including phenoxy) is 2. The molecular formula is C19H27F3N2O3. The number of methoxy groups -OCH3 is 1. The van der Waals surface area contributed by atoms with Crippen LogP contribution < -0.4 is 15.4 Å². The zero-order valence-corrected chi connectivity index (χ0v) is 16.1. The Morgan fingerprint density at radius 3 is 2.37 bits per heavy atom. The molecule has 0 spiro atoms. The summed E-state index contributed by atoms with van der Waals surface area (Å²) in [4.78, 5) is 12.6. The number of carbonyl (C=O) groups is 1. The average Bonchev–Trinajstić information content (AvgIpc) is 2.58. The van der Waals surface area contributed by atoms with Crippen LogP contribution in [0.4, 0.5) is 13.2 Å². The van der Waals surface area contributed by atoms with Gasteiger partial charge in [0.25, 0.3) is 5.91 Å². The van der Waals surface area contributed by atoms with Gasteiger partial charge in [-0.2, -0.15) is 13.2 Å². The minimum absolute atomic E-state index is 0.0164. The molecule has 0 aromatic heterocycles. The van der Waals surface area contributed by atoms with Crippen molar-refractivity contribution in [2.24, 2.45) is 0 Å². The molecule has 1 aromatic carbocycles. The third kappa shape index (κ3) is 5.59. The van der Waals surface area contributed by atoms with Gasteiger partial charge in [-0.25, -0.2) is 0 Å². The fraction of sp³-hybridized carbons (Fsp3) is 0.632. The van der Waals surface area contributed by atoms with E-state index >= 15 is 0 Å². The van der Waals surface area contributed by atoms with Crippen LogP contribution in [-0.4, -0.2) is 37.3 Å². The van der Waals surface area contributed by atoms with Crippen molar-refractivity contribution in [3.05, 3.63) is 29.3 Å². The molecule has 5 nitrogen and oxygen atoms in total. The number of amides is 1. The second-order valence-electron chi connectivity index (χ2n) is 7.66. The minimum Gasteiger partial charge on any atom is -0.488 e. The molecule has 152 valence electrons. The number of halogens is 3. The molecule has 1 saturated heterocycles. The van der Waals surface area contributed by atoms with Crippen LogP contribution in [0.1, 0.15) is 44.7 Å². The second-order valence-corrected chi connectivity index (χ2v) is 7.66. The molecule has 8 heteroatoms. The first kappa shape index (κ1) is 21.5. The van der Waals surface area contributed by atoms with E-state index in [1.807, 2.05) is 0 Å². The molecule has 0 aliphatic carbocycles. The zero-order valence-electron chi connectivity index (χ0n) is 16.1. The molecule has 1 aliphatic heterocycles. The number of hydrogen-bond acceptors (Lipinski definition) is 4. The van der Waals surface area contributed by atoms with Gasteiger partial charge in [-0.15, -0.1) is 0 Å². The highest BCUT2D eigenvalue weighted by molar-refractivity contribution is 5.85. The fourth-order valence-corrected chi connectivity index (χ4v) is 3.08. The maximum atomic E-state index is 13.5. The Morgan fingerprint density at radius 1 is 1.22 bits per heavy atom. The predicted molar refractivity (Wildman–Crippen MR) is 95.5 cm³/mol. The molecule has 0 bridgehead atoms. The van der Waals surface area contributed by atoms with Gasteiger partial charge in [0.1, 0.15) is 17.0 Å². The molecule has 0 radical (unpaired) electrons. The van der Waals surface area contributed by atoms with Gasteiger partial charge in [0.15, 0.2) is 0 Å². The van der Waals surface area contributed by atoms with Gasteiger partial charge < -0.3 is 20.1 Å². The highest BCUT2D eigenvalue weighted by Gasteiger charge is 2.40. The van der Waals surface area contributed by atoms with E-state index in [1.54, 1.807) is 20.8 Å². The van der Waals surface area contributed by atoms with Crippen molar-refractivity contribution in [2.45, 2.75) is 57.5 Å². The Bertz CT molecular complexity index is 663. The molecule has 2 N–H and O–H groups in total. The summed E-state index contributed by atoms with van der Waals surface area (Å²) in [5.41, 5.74) is -2.45. The van der Waals surface area contributed by atoms with Gasteiger partial charge in [0, 0.05) is 13.7 Å². The van der Waals surface area contributed by atoms with Crippen LogP contribution in [0.15, 0.2) is 18.2 Å². The van der Waals surface area contributed by atoms with E-state index in [0.717, 1.165) is 6.07 Å². The summed E-state index contributed by atoms with van der Waals surface area (Å²) in [5.74, 6) is -0.258. The Hall–Kier alpha value is -1.80. The lowest BCUT2D eigenvalue weighted by Gasteiger charge is -2.34. The number of nitrogens with one attached hydrogen (secondary N) is 2. The topological polar surface area (TPSA) is 59.6 Å². The lowest BCUT2D eigenvalue weighted by atomic mass is 9.91. The first-order valence-electron chi connectivity index (χ1n) is 8.90. The number of piperidine rings is 1. The lowest BCUT2D eigenvalue weighted by molar-refractivity contribution is -0.147. The van der Waals surface area contributed by atoms with Gasteiger partial charge in [-0.3, -0.25) is 4.79 Å². The standard InChI is InChI=1S/C19H27F3N2O3/c1-17(2,3)27-14-6-5-13(15(11-14)19(20,21)22)12-24-16(25)18(26-4)7-9-23-10-8-18/h5-6,11,23H,7-10,12H2,1-4H3,(H,24,25). The van der Waals surface area contributed by atoms with E-state index < -0.39 is 28.8 Å². The van der Waals surface area contributed by atoms with Crippen molar-refractivity contribution in [3.8, 4) is 5.75 Å². The third-order valence-corrected chi connectivity index (χ3v) is 4.47. The van der Waals surface area contributed by atoms with Crippen LogP contribution in [-0.2, 0) is 22.3 Å². The molecule has 2 rings (SSSR count). The van der Waals surface area contributed by atoms with Crippen LogP contribution in [0.2, 0.25) is 0 Å². The fourth-order valence-electron chi connectivity index (χ4n) is 3.08. The van der Waals surface area contributed by atoms with Gasteiger partial charge >= 0.3 is 6.18 Å². The van der Waals surface area contributed by atoms with Crippen molar-refractivity contribution in [1.82, 2.24) is 10.6 Å². The van der Waals surface area contributed by atoms with Crippen LogP contribution in [0.25, 0.3) is 0 Å². The SMILES string of the molecule is COC1(C(=O)NCc2ccc(OC(C)(C)C)cc2C(F)(F)F)CCNCC1. The lowest BCUT2D eigenvalue weighted by Crippen LogP contribution is -2.54. The van der Waals surface area contributed by atoms with E-state index in [1.165, 1.54) is 19.2 Å². The Labute approximate surface area is 157 Å². The van der Waals surface area contributed by atoms with Crippen LogP contribution in [0.3, 0.4) is 0 Å². The molecule has 0 unspecified atom stereocenters. The van der Waals surface area contributed by atoms with Gasteiger partial charge in [0.2, 0.25) is 0 Å². The van der Waals surface area contributed by atoms with Gasteiger partial charge in [-0.1, -0.05) is 6.07 Å². The van der Waals surface area contributed by atoms with E-state index in [-0.39, 0.29) is 17.9 Å². The molecular weight excluding hydrogens is 361 g/mol. The summed E-state index contributed by atoms with van der Waals surface area (Å²) < 4.78 is 51.4. The highest BCUT2D eigenvalue weighted by Crippen LogP contribution is 2.35. The molecule has 1 fully saturated rings. The van der Waals surface area contributed by atoms with Crippen LogP contribution >= 0.6 is 0 Å². The minimum atomic E-state index is -4.55. The molecule has 1 heterocycles. The molecule has 1 amide bonds. The largest absolute Gasteiger partial charge is 0.488 e. The molecule has 0 atom stereocenters. The van der Waals surface area contributed by atoms with E-state index in [0.29, 0.717) is 25.9 Å². The molecule has 0 saturated carbocycles. The Morgan fingerprint density at radius 2 is 1.85 bits per heavy atom. The number of hydrogen-bond donors (Lipinski definition) is 2. The smallest absolute Gasteiger partial charge is 0.416 e. The highest BCUT2D eigenvalue weighted by atomic mass is 19.4. The second kappa shape index (κ2) is 8.06. The van der Waals surface area contributed by atoms with Crippen LogP contribution in [0.5, 0.6) is 5.75 Å². The Kier molecular flexibility index (Phi) is 6.42. The first-order valence-corrected chi connectivity index (χ1v) is 8.90. The van der Waals surface area contributed by atoms with Crippen molar-refractivity contribution in [2.75, 3.05) is 20.2 Å². The number of rotatable bonds is 5. The van der Waals surface area contributed by atoms with Crippen molar-refractivity contribution in [3.63, 3.8) is 0 Å². The zero-order chi connectivity index (χ0) is 20.3. The quantitative estimate of drug-likeness (QED) is 0.813. The van der Waals surface area contributed by atoms with Crippen molar-refractivity contribution >= 4 is 5.91 Å². The monoisotopic (exact) mass is 388 g/mol. The summed E-state index contributed by atoms with van der Waals surface area (Å²) in [6.07, 6.45) is -3.61. The van der Waals surface area contributed by atoms with Crippen molar-refractivity contribution < 1.29 is 27.4 Å². The van der Waals surface area contributed by atoms with Crippen LogP contribution in [0, 0.1) is 0 Å². The predicted octanol–water partition coefficient (Wildman–Crippen LogP) is 3.27. The maximum absolute atomic E-state index is 13.5. The van der Waals surface area contributed by atoms with E-state index in [9.17, 15) is 18.0 Å². The summed E-state index contributed by atoms with van der Waals surface area (Å²) in [5, 5.41) is 5.74. The van der Waals surface area contributed by atoms with Crippen molar-refractivity contribution in [1.29, 1.82) is 0 Å². The number of alkyl halides is 3. The number of benzene rings is 1. The number of carbonyl (C=O) groups excluding carboxylic acids is 1. The van der Waals surface area contributed by atoms with Gasteiger partial charge in [-0.05, 0) is 64.4 Å². The summed E-state index contributed by atoms with van der Waals surface area (Å²) in [7, 11) is 1.45. The third-order valence-electron chi connectivity index (χ3n) is 4.47. The molecule has 1 aromatic rings. The summed E-state index contributed by atoms with van der Waals surface area (Å²) >= 11 is 0. The van der Waals surface area contributed by atoms with E-state index in [2.05, 4.69) is 10.6 Å². The maximum Gasteiger partial charge on any atom is 0.416 e. The van der Waals surface area contributed by atoms with Gasteiger partial charge in [0.05, 0.1) is 5.56 Å². The average molecular weight is 388 g/mol. The first-order chi connectivity index (χ1) is 12.5. The molecule has 1 aliphatic rings. The Balaban J connectivity index is 2.18. The molecule has 27 heavy (non-hydrogen) atoms. The normalized spacial score (nSPS) is 17.4. The summed E-state index contributed by atoms with van der Waals surface area (Å²) in [6, 6.07) is 3.80. The summed E-state index contributed by atoms with van der Waals surface area (Å²) in [6.45, 7) is 6.29.